The van der Waals surface area contributed by atoms with Crippen LogP contribution in [-0.4, -0.2) is 18.6 Å². The standard InChI is InChI=1S/C10H17NO2/c1-13-8(12)9-3-2-4-10(11,7-9)6-5-9/h2-7,11H2,1H3/t9-,10+/m1/s1. The first-order valence-electron chi connectivity index (χ1n) is 4.98. The lowest BCUT2D eigenvalue weighted by Crippen LogP contribution is -2.43. The molecule has 0 spiro atoms. The highest BCUT2D eigenvalue weighted by atomic mass is 16.5. The van der Waals surface area contributed by atoms with E-state index in [1.807, 2.05) is 0 Å². The molecule has 2 fully saturated rings. The van der Waals surface area contributed by atoms with Gasteiger partial charge in [-0.1, -0.05) is 6.42 Å². The van der Waals surface area contributed by atoms with E-state index in [0.29, 0.717) is 0 Å². The maximum atomic E-state index is 11.6. The third-order valence-corrected chi connectivity index (χ3v) is 3.74. The quantitative estimate of drug-likeness (QED) is 0.622. The van der Waals surface area contributed by atoms with Crippen molar-refractivity contribution in [2.45, 2.75) is 44.1 Å². The molecule has 74 valence electrons. The maximum absolute atomic E-state index is 11.6. The summed E-state index contributed by atoms with van der Waals surface area (Å²) in [5.41, 5.74) is 5.89. The molecule has 2 N–H and O–H groups in total. The normalized spacial score (nSPS) is 43.2. The molecule has 0 heterocycles. The molecule has 2 bridgehead atoms. The molecular formula is C10H17NO2. The van der Waals surface area contributed by atoms with Gasteiger partial charge in [-0.25, -0.2) is 0 Å². The van der Waals surface area contributed by atoms with Gasteiger partial charge in [0, 0.05) is 5.54 Å². The largest absolute Gasteiger partial charge is 0.469 e. The second-order valence-electron chi connectivity index (χ2n) is 4.66. The number of fused-ring (bicyclic) bond motifs is 2. The zero-order chi connectivity index (χ0) is 9.53. The van der Waals surface area contributed by atoms with Gasteiger partial charge in [0.15, 0.2) is 0 Å². The van der Waals surface area contributed by atoms with Crippen LogP contribution in [0.2, 0.25) is 0 Å². The van der Waals surface area contributed by atoms with Crippen molar-refractivity contribution in [2.75, 3.05) is 7.11 Å². The van der Waals surface area contributed by atoms with Gasteiger partial charge in [0.2, 0.25) is 0 Å². The van der Waals surface area contributed by atoms with Crippen molar-refractivity contribution in [3.8, 4) is 0 Å². The van der Waals surface area contributed by atoms with Crippen LogP contribution in [0.4, 0.5) is 0 Å². The molecule has 0 unspecified atom stereocenters. The van der Waals surface area contributed by atoms with Crippen molar-refractivity contribution < 1.29 is 9.53 Å². The van der Waals surface area contributed by atoms with Crippen LogP contribution in [0.3, 0.4) is 0 Å². The molecule has 0 aromatic rings. The summed E-state index contributed by atoms with van der Waals surface area (Å²) in [6, 6.07) is 0. The molecule has 3 heteroatoms. The number of esters is 1. The molecular weight excluding hydrogens is 166 g/mol. The monoisotopic (exact) mass is 183 g/mol. The van der Waals surface area contributed by atoms with Crippen molar-refractivity contribution in [3.05, 3.63) is 0 Å². The lowest BCUT2D eigenvalue weighted by atomic mass is 9.73. The fraction of sp³-hybridized carbons (Fsp3) is 0.900. The van der Waals surface area contributed by atoms with Crippen LogP contribution in [-0.2, 0) is 9.53 Å². The van der Waals surface area contributed by atoms with Crippen LogP contribution in [0.25, 0.3) is 0 Å². The average Bonchev–Trinajstić information content (AvgIpc) is 2.37. The number of carbonyl (C=O) groups is 1. The molecule has 0 aromatic carbocycles. The summed E-state index contributed by atoms with van der Waals surface area (Å²) in [6.07, 6.45) is 5.88. The highest BCUT2D eigenvalue weighted by Crippen LogP contribution is 2.52. The van der Waals surface area contributed by atoms with Gasteiger partial charge in [-0.15, -0.1) is 0 Å². The Morgan fingerprint density at radius 1 is 1.31 bits per heavy atom. The van der Waals surface area contributed by atoms with Crippen LogP contribution in [0.5, 0.6) is 0 Å². The molecule has 0 aliphatic heterocycles. The summed E-state index contributed by atoms with van der Waals surface area (Å²) in [4.78, 5) is 11.6. The van der Waals surface area contributed by atoms with Gasteiger partial charge in [-0.2, -0.15) is 0 Å². The van der Waals surface area contributed by atoms with E-state index in [1.54, 1.807) is 0 Å². The SMILES string of the molecule is COC(=O)[C@]12CCC[C@](N)(CC1)C2. The summed E-state index contributed by atoms with van der Waals surface area (Å²) in [6.45, 7) is 0. The van der Waals surface area contributed by atoms with Crippen LogP contribution in [0, 0.1) is 5.41 Å². The van der Waals surface area contributed by atoms with E-state index in [4.69, 9.17) is 10.5 Å². The Morgan fingerprint density at radius 3 is 2.77 bits per heavy atom. The van der Waals surface area contributed by atoms with E-state index in [0.717, 1.165) is 38.5 Å². The number of methoxy groups -OCH3 is 1. The van der Waals surface area contributed by atoms with Crippen LogP contribution >= 0.6 is 0 Å². The molecule has 0 radical (unpaired) electrons. The molecule has 13 heavy (non-hydrogen) atoms. The van der Waals surface area contributed by atoms with Gasteiger partial charge < -0.3 is 10.5 Å². The van der Waals surface area contributed by atoms with Gasteiger partial charge in [-0.3, -0.25) is 4.79 Å². The average molecular weight is 183 g/mol. The molecule has 0 saturated heterocycles. The predicted octanol–water partition coefficient (Wildman–Crippen LogP) is 1.21. The molecule has 3 nitrogen and oxygen atoms in total. The number of ether oxygens (including phenoxy) is 1. The first kappa shape index (κ1) is 9.00. The third-order valence-electron chi connectivity index (χ3n) is 3.74. The maximum Gasteiger partial charge on any atom is 0.311 e. The molecule has 2 aliphatic rings. The van der Waals surface area contributed by atoms with Crippen molar-refractivity contribution in [3.63, 3.8) is 0 Å². The number of rotatable bonds is 1. The summed E-state index contributed by atoms with van der Waals surface area (Å²) < 4.78 is 4.86. The van der Waals surface area contributed by atoms with Gasteiger partial charge in [0.1, 0.15) is 0 Å². The van der Waals surface area contributed by atoms with E-state index in [1.165, 1.54) is 7.11 Å². The molecule has 2 aliphatic carbocycles. The first-order chi connectivity index (χ1) is 6.10. The van der Waals surface area contributed by atoms with Gasteiger partial charge in [0.25, 0.3) is 0 Å². The molecule has 0 amide bonds. The van der Waals surface area contributed by atoms with Crippen molar-refractivity contribution in [2.24, 2.45) is 11.1 Å². The van der Waals surface area contributed by atoms with Crippen molar-refractivity contribution >= 4 is 5.97 Å². The molecule has 2 saturated carbocycles. The Hall–Kier alpha value is -0.570. The second kappa shape index (κ2) is 2.71. The lowest BCUT2D eigenvalue weighted by molar-refractivity contribution is -0.154. The van der Waals surface area contributed by atoms with E-state index in [2.05, 4.69) is 0 Å². The number of nitrogens with two attached hydrogens (primary N) is 1. The Kier molecular flexibility index (Phi) is 1.88. The van der Waals surface area contributed by atoms with Crippen LogP contribution in [0.1, 0.15) is 38.5 Å². The summed E-state index contributed by atoms with van der Waals surface area (Å²) >= 11 is 0. The summed E-state index contributed by atoms with van der Waals surface area (Å²) in [5.74, 6) is -0.0421. The molecule has 2 atom stereocenters. The lowest BCUT2D eigenvalue weighted by Gasteiger charge is -2.35. The Bertz CT molecular complexity index is 241. The minimum Gasteiger partial charge on any atom is -0.469 e. The van der Waals surface area contributed by atoms with Crippen molar-refractivity contribution in [1.82, 2.24) is 0 Å². The number of carbonyl (C=O) groups excluding carboxylic acids is 1. The fourth-order valence-corrected chi connectivity index (χ4v) is 3.04. The zero-order valence-electron chi connectivity index (χ0n) is 8.14. The Labute approximate surface area is 78.6 Å². The van der Waals surface area contributed by atoms with Gasteiger partial charge >= 0.3 is 5.97 Å². The summed E-state index contributed by atoms with van der Waals surface area (Å²) in [5, 5.41) is 0. The van der Waals surface area contributed by atoms with E-state index < -0.39 is 0 Å². The molecule has 0 aromatic heterocycles. The predicted molar refractivity (Wildman–Crippen MR) is 49.1 cm³/mol. The van der Waals surface area contributed by atoms with Gasteiger partial charge in [0.05, 0.1) is 12.5 Å². The smallest absolute Gasteiger partial charge is 0.311 e. The first-order valence-corrected chi connectivity index (χ1v) is 4.98. The van der Waals surface area contributed by atoms with Crippen molar-refractivity contribution in [1.29, 1.82) is 0 Å². The minimum atomic E-state index is -0.220. The van der Waals surface area contributed by atoms with E-state index in [9.17, 15) is 4.79 Å². The Balaban J connectivity index is 2.21. The van der Waals surface area contributed by atoms with Crippen LogP contribution in [0.15, 0.2) is 0 Å². The second-order valence-corrected chi connectivity index (χ2v) is 4.66. The highest BCUT2D eigenvalue weighted by molar-refractivity contribution is 5.77. The van der Waals surface area contributed by atoms with Gasteiger partial charge in [-0.05, 0) is 32.1 Å². The summed E-state index contributed by atoms with van der Waals surface area (Å²) in [7, 11) is 1.47. The van der Waals surface area contributed by atoms with E-state index in [-0.39, 0.29) is 16.9 Å². The van der Waals surface area contributed by atoms with E-state index >= 15 is 0 Å². The minimum absolute atomic E-state index is 0.0421. The highest BCUT2D eigenvalue weighted by Gasteiger charge is 2.53. The van der Waals surface area contributed by atoms with Crippen LogP contribution < -0.4 is 5.73 Å². The zero-order valence-corrected chi connectivity index (χ0v) is 8.14. The fourth-order valence-electron chi connectivity index (χ4n) is 3.04. The topological polar surface area (TPSA) is 52.3 Å². The molecule has 2 rings (SSSR count). The third kappa shape index (κ3) is 1.26. The Morgan fingerprint density at radius 2 is 2.08 bits per heavy atom. The number of hydrogen-bond donors (Lipinski definition) is 1. The number of hydrogen-bond acceptors (Lipinski definition) is 3.